The lowest BCUT2D eigenvalue weighted by atomic mass is 10.1. The fourth-order valence-electron chi connectivity index (χ4n) is 3.29. The van der Waals surface area contributed by atoms with Crippen molar-refractivity contribution in [2.75, 3.05) is 34.3 Å². The molecule has 1 aliphatic rings. The zero-order valence-corrected chi connectivity index (χ0v) is 15.5. The highest BCUT2D eigenvalue weighted by Crippen LogP contribution is 2.25. The van der Waals surface area contributed by atoms with Gasteiger partial charge in [0.2, 0.25) is 0 Å². The minimum atomic E-state index is -0.0812. The zero-order valence-electron chi connectivity index (χ0n) is 14.8. The van der Waals surface area contributed by atoms with Crippen LogP contribution in [0.1, 0.15) is 16.1 Å². The predicted molar refractivity (Wildman–Crippen MR) is 97.0 cm³/mol. The van der Waals surface area contributed by atoms with E-state index < -0.39 is 0 Å². The lowest BCUT2D eigenvalue weighted by molar-refractivity contribution is 0.0711. The molecule has 0 radical (unpaired) electrons. The number of hydrogen-bond acceptors (Lipinski definition) is 4. The molecule has 3 rings (SSSR count). The molecule has 0 bridgehead atoms. The Labute approximate surface area is 152 Å². The number of ether oxygens (including phenoxy) is 1. The Balaban J connectivity index is 1.90. The van der Waals surface area contributed by atoms with E-state index in [1.54, 1.807) is 31.5 Å². The van der Waals surface area contributed by atoms with Crippen molar-refractivity contribution >= 4 is 17.5 Å². The summed E-state index contributed by atoms with van der Waals surface area (Å²) in [5.41, 5.74) is 1.51. The standard InChI is InChI=1S/C18H23ClN4O2/c1-21(2)9-13-10-22(12-14-6-7-20-23(14)11-13)18(24)16-8-15(25-3)4-5-17(16)19/h4-8,13H,9-12H2,1-3H3. The predicted octanol–water partition coefficient (Wildman–Crippen LogP) is 2.38. The van der Waals surface area contributed by atoms with Gasteiger partial charge in [0.25, 0.3) is 5.91 Å². The molecule has 1 aromatic carbocycles. The first-order chi connectivity index (χ1) is 12.0. The van der Waals surface area contributed by atoms with Gasteiger partial charge in [-0.3, -0.25) is 9.48 Å². The number of rotatable bonds is 4. The average Bonchev–Trinajstić information content (AvgIpc) is 2.93. The summed E-state index contributed by atoms with van der Waals surface area (Å²) < 4.78 is 7.23. The second-order valence-electron chi connectivity index (χ2n) is 6.66. The quantitative estimate of drug-likeness (QED) is 0.838. The number of fused-ring (bicyclic) bond motifs is 1. The van der Waals surface area contributed by atoms with Crippen LogP contribution in [0.4, 0.5) is 0 Å². The highest BCUT2D eigenvalue weighted by molar-refractivity contribution is 6.33. The summed E-state index contributed by atoms with van der Waals surface area (Å²) in [6.07, 6.45) is 1.79. The van der Waals surface area contributed by atoms with Crippen molar-refractivity contribution in [2.24, 2.45) is 5.92 Å². The van der Waals surface area contributed by atoms with E-state index in [-0.39, 0.29) is 5.91 Å². The van der Waals surface area contributed by atoms with Crippen molar-refractivity contribution in [3.05, 3.63) is 46.7 Å². The fourth-order valence-corrected chi connectivity index (χ4v) is 3.48. The third-order valence-corrected chi connectivity index (χ3v) is 4.71. The van der Waals surface area contributed by atoms with Gasteiger partial charge in [-0.2, -0.15) is 5.10 Å². The van der Waals surface area contributed by atoms with Gasteiger partial charge in [0, 0.05) is 31.7 Å². The molecule has 0 saturated heterocycles. The van der Waals surface area contributed by atoms with Crippen LogP contribution in [0.15, 0.2) is 30.5 Å². The molecule has 25 heavy (non-hydrogen) atoms. The fraction of sp³-hybridized carbons (Fsp3) is 0.444. The van der Waals surface area contributed by atoms with E-state index in [1.165, 1.54) is 0 Å². The number of carbonyl (C=O) groups is 1. The zero-order chi connectivity index (χ0) is 18.0. The van der Waals surface area contributed by atoms with Crippen LogP contribution in [0.2, 0.25) is 5.02 Å². The molecule has 1 atom stereocenters. The Bertz CT molecular complexity index is 759. The smallest absolute Gasteiger partial charge is 0.255 e. The second-order valence-corrected chi connectivity index (χ2v) is 7.07. The number of amides is 1. The van der Waals surface area contributed by atoms with Gasteiger partial charge >= 0.3 is 0 Å². The van der Waals surface area contributed by atoms with Gasteiger partial charge < -0.3 is 14.5 Å². The Morgan fingerprint density at radius 3 is 2.88 bits per heavy atom. The molecule has 0 spiro atoms. The van der Waals surface area contributed by atoms with Crippen molar-refractivity contribution in [3.63, 3.8) is 0 Å². The summed E-state index contributed by atoms with van der Waals surface area (Å²) in [6, 6.07) is 7.12. The number of halogens is 1. The molecule has 7 heteroatoms. The summed E-state index contributed by atoms with van der Waals surface area (Å²) in [5.74, 6) is 0.837. The summed E-state index contributed by atoms with van der Waals surface area (Å²) >= 11 is 6.28. The summed E-state index contributed by atoms with van der Waals surface area (Å²) in [4.78, 5) is 17.1. The molecular formula is C18H23ClN4O2. The molecule has 2 heterocycles. The molecule has 1 aromatic heterocycles. The van der Waals surface area contributed by atoms with Gasteiger partial charge in [0.05, 0.1) is 29.9 Å². The van der Waals surface area contributed by atoms with E-state index in [9.17, 15) is 4.79 Å². The van der Waals surface area contributed by atoms with Crippen LogP contribution in [0.3, 0.4) is 0 Å². The minimum Gasteiger partial charge on any atom is -0.497 e. The van der Waals surface area contributed by atoms with Crippen molar-refractivity contribution in [1.82, 2.24) is 19.6 Å². The largest absolute Gasteiger partial charge is 0.497 e. The number of nitrogens with zero attached hydrogens (tertiary/aromatic N) is 4. The number of carbonyl (C=O) groups excluding carboxylic acids is 1. The van der Waals surface area contributed by atoms with Crippen molar-refractivity contribution < 1.29 is 9.53 Å². The summed E-state index contributed by atoms with van der Waals surface area (Å²) in [6.45, 7) is 2.87. The Hall–Kier alpha value is -2.05. The van der Waals surface area contributed by atoms with E-state index in [0.717, 1.165) is 18.8 Å². The van der Waals surface area contributed by atoms with Gasteiger partial charge in [-0.05, 0) is 38.4 Å². The van der Waals surface area contributed by atoms with E-state index in [2.05, 4.69) is 10.00 Å². The maximum absolute atomic E-state index is 13.1. The van der Waals surface area contributed by atoms with Crippen LogP contribution in [0.5, 0.6) is 5.75 Å². The summed E-state index contributed by atoms with van der Waals surface area (Å²) in [7, 11) is 5.66. The lowest BCUT2D eigenvalue weighted by Gasteiger charge is -2.26. The first-order valence-electron chi connectivity index (χ1n) is 8.26. The minimum absolute atomic E-state index is 0.0812. The van der Waals surface area contributed by atoms with Crippen LogP contribution in [0, 0.1) is 5.92 Å². The maximum atomic E-state index is 13.1. The Morgan fingerprint density at radius 1 is 1.36 bits per heavy atom. The van der Waals surface area contributed by atoms with Crippen LogP contribution < -0.4 is 4.74 Å². The molecule has 1 unspecified atom stereocenters. The molecule has 1 amide bonds. The maximum Gasteiger partial charge on any atom is 0.255 e. The van der Waals surface area contributed by atoms with Gasteiger partial charge in [0.1, 0.15) is 5.75 Å². The van der Waals surface area contributed by atoms with Gasteiger partial charge in [-0.1, -0.05) is 11.6 Å². The van der Waals surface area contributed by atoms with Crippen molar-refractivity contribution in [1.29, 1.82) is 0 Å². The first-order valence-corrected chi connectivity index (χ1v) is 8.64. The molecule has 134 valence electrons. The van der Waals surface area contributed by atoms with Gasteiger partial charge in [-0.25, -0.2) is 0 Å². The van der Waals surface area contributed by atoms with E-state index >= 15 is 0 Å². The lowest BCUT2D eigenvalue weighted by Crippen LogP contribution is -2.37. The molecule has 1 aliphatic heterocycles. The number of benzene rings is 1. The third kappa shape index (κ3) is 3.96. The SMILES string of the molecule is COc1ccc(Cl)c(C(=O)N2Cc3ccnn3CC(CN(C)C)C2)c1. The normalized spacial score (nSPS) is 17.3. The summed E-state index contributed by atoms with van der Waals surface area (Å²) in [5, 5.41) is 4.84. The first kappa shape index (κ1) is 17.8. The molecule has 0 fully saturated rings. The van der Waals surface area contributed by atoms with Crippen LogP contribution >= 0.6 is 11.6 Å². The van der Waals surface area contributed by atoms with E-state index in [4.69, 9.17) is 16.3 Å². The molecular weight excluding hydrogens is 340 g/mol. The number of aromatic nitrogens is 2. The Morgan fingerprint density at radius 2 is 2.16 bits per heavy atom. The third-order valence-electron chi connectivity index (χ3n) is 4.38. The highest BCUT2D eigenvalue weighted by atomic mass is 35.5. The topological polar surface area (TPSA) is 50.6 Å². The van der Waals surface area contributed by atoms with Crippen molar-refractivity contribution in [3.8, 4) is 5.75 Å². The van der Waals surface area contributed by atoms with E-state index in [0.29, 0.717) is 35.3 Å². The number of hydrogen-bond donors (Lipinski definition) is 0. The van der Waals surface area contributed by atoms with Crippen molar-refractivity contribution in [2.45, 2.75) is 13.1 Å². The van der Waals surface area contributed by atoms with Gasteiger partial charge in [-0.15, -0.1) is 0 Å². The number of methoxy groups -OCH3 is 1. The molecule has 0 aliphatic carbocycles. The highest BCUT2D eigenvalue weighted by Gasteiger charge is 2.27. The van der Waals surface area contributed by atoms with Crippen LogP contribution in [-0.4, -0.2) is 59.8 Å². The molecule has 2 aromatic rings. The Kier molecular flexibility index (Phi) is 5.30. The van der Waals surface area contributed by atoms with Crippen LogP contribution in [-0.2, 0) is 13.1 Å². The molecule has 0 N–H and O–H groups in total. The van der Waals surface area contributed by atoms with Gasteiger partial charge in [0.15, 0.2) is 0 Å². The molecule has 6 nitrogen and oxygen atoms in total. The average molecular weight is 363 g/mol. The monoisotopic (exact) mass is 362 g/mol. The second kappa shape index (κ2) is 7.45. The molecule has 0 saturated carbocycles. The van der Waals surface area contributed by atoms with Crippen LogP contribution in [0.25, 0.3) is 0 Å². The van der Waals surface area contributed by atoms with E-state index in [1.807, 2.05) is 29.7 Å².